The zero-order valence-corrected chi connectivity index (χ0v) is 12.5. The van der Waals surface area contributed by atoms with E-state index in [9.17, 15) is 8.42 Å². The van der Waals surface area contributed by atoms with Crippen molar-refractivity contribution in [3.63, 3.8) is 0 Å². The number of sulfonamides is 1. The smallest absolute Gasteiger partial charge is 0.225 e. The number of anilines is 1. The molecule has 1 aromatic rings. The Morgan fingerprint density at radius 3 is 2.60 bits per heavy atom. The van der Waals surface area contributed by atoms with Crippen molar-refractivity contribution in [2.75, 3.05) is 37.3 Å². The van der Waals surface area contributed by atoms with Gasteiger partial charge in [0.2, 0.25) is 16.0 Å². The number of rotatable bonds is 2. The first-order valence-corrected chi connectivity index (χ1v) is 8.81. The van der Waals surface area contributed by atoms with Crippen LogP contribution in [0, 0.1) is 5.41 Å². The van der Waals surface area contributed by atoms with E-state index < -0.39 is 10.0 Å². The molecule has 2 fully saturated rings. The van der Waals surface area contributed by atoms with Gasteiger partial charge >= 0.3 is 0 Å². The summed E-state index contributed by atoms with van der Waals surface area (Å²) in [6, 6.07) is 1.81. The van der Waals surface area contributed by atoms with Gasteiger partial charge in [0.1, 0.15) is 0 Å². The molecule has 2 aliphatic heterocycles. The van der Waals surface area contributed by atoms with Crippen LogP contribution >= 0.6 is 0 Å². The van der Waals surface area contributed by atoms with Crippen LogP contribution in [0.1, 0.15) is 19.3 Å². The van der Waals surface area contributed by atoms with Gasteiger partial charge in [0.15, 0.2) is 0 Å². The maximum Gasteiger partial charge on any atom is 0.225 e. The van der Waals surface area contributed by atoms with E-state index in [0.29, 0.717) is 13.1 Å². The summed E-state index contributed by atoms with van der Waals surface area (Å²) in [5.74, 6) is 0.751. The van der Waals surface area contributed by atoms with E-state index in [2.05, 4.69) is 14.9 Å². The van der Waals surface area contributed by atoms with Crippen LogP contribution < -0.4 is 4.90 Å². The lowest BCUT2D eigenvalue weighted by molar-refractivity contribution is 0.169. The molecule has 0 amide bonds. The summed E-state index contributed by atoms with van der Waals surface area (Å²) in [6.07, 6.45) is 7.84. The van der Waals surface area contributed by atoms with Crippen LogP contribution in [-0.4, -0.2) is 55.1 Å². The first-order chi connectivity index (χ1) is 9.49. The molecule has 2 saturated heterocycles. The van der Waals surface area contributed by atoms with E-state index in [1.54, 1.807) is 22.8 Å². The van der Waals surface area contributed by atoms with E-state index in [4.69, 9.17) is 0 Å². The Bertz CT molecular complexity index is 577. The molecule has 0 saturated carbocycles. The summed E-state index contributed by atoms with van der Waals surface area (Å²) in [5, 5.41) is 0. The van der Waals surface area contributed by atoms with Gasteiger partial charge in [-0.2, -0.15) is 0 Å². The summed E-state index contributed by atoms with van der Waals surface area (Å²) < 4.78 is 25.2. The quantitative estimate of drug-likeness (QED) is 0.805. The van der Waals surface area contributed by atoms with Crippen molar-refractivity contribution in [3.05, 3.63) is 18.5 Å². The lowest BCUT2D eigenvalue weighted by Crippen LogP contribution is -2.47. The summed E-state index contributed by atoms with van der Waals surface area (Å²) >= 11 is 0. The topological polar surface area (TPSA) is 66.4 Å². The van der Waals surface area contributed by atoms with Gasteiger partial charge in [0.05, 0.1) is 6.26 Å². The molecule has 1 atom stereocenters. The van der Waals surface area contributed by atoms with Crippen LogP contribution in [0.2, 0.25) is 0 Å². The maximum absolute atomic E-state index is 11.8. The molecule has 110 valence electrons. The van der Waals surface area contributed by atoms with E-state index in [0.717, 1.165) is 38.3 Å². The van der Waals surface area contributed by atoms with Crippen LogP contribution in [0.4, 0.5) is 5.95 Å². The van der Waals surface area contributed by atoms with Gasteiger partial charge in [-0.1, -0.05) is 0 Å². The molecule has 20 heavy (non-hydrogen) atoms. The second kappa shape index (κ2) is 4.96. The van der Waals surface area contributed by atoms with Crippen molar-refractivity contribution in [1.82, 2.24) is 14.3 Å². The van der Waals surface area contributed by atoms with Gasteiger partial charge in [-0.3, -0.25) is 0 Å². The fourth-order valence-corrected chi connectivity index (χ4v) is 4.31. The number of hydrogen-bond donors (Lipinski definition) is 0. The molecular formula is C13H20N4O2S. The van der Waals surface area contributed by atoms with Crippen LogP contribution in [0.3, 0.4) is 0 Å². The van der Waals surface area contributed by atoms with E-state index in [1.807, 2.05) is 0 Å². The van der Waals surface area contributed by atoms with Gasteiger partial charge in [-0.15, -0.1) is 0 Å². The van der Waals surface area contributed by atoms with Crippen molar-refractivity contribution in [1.29, 1.82) is 0 Å². The summed E-state index contributed by atoms with van der Waals surface area (Å²) in [6.45, 7) is 3.04. The van der Waals surface area contributed by atoms with E-state index >= 15 is 0 Å². The van der Waals surface area contributed by atoms with Gasteiger partial charge in [0, 0.05) is 44.0 Å². The third-order valence-electron chi connectivity index (χ3n) is 4.37. The lowest BCUT2D eigenvalue weighted by Gasteiger charge is -2.39. The second-order valence-corrected chi connectivity index (χ2v) is 7.90. The monoisotopic (exact) mass is 296 g/mol. The molecule has 0 radical (unpaired) electrons. The molecule has 0 N–H and O–H groups in total. The molecule has 3 heterocycles. The predicted octanol–water partition coefficient (Wildman–Crippen LogP) is 0.728. The predicted molar refractivity (Wildman–Crippen MR) is 76.9 cm³/mol. The normalized spacial score (nSPS) is 28.1. The van der Waals surface area contributed by atoms with Gasteiger partial charge in [-0.05, 0) is 25.3 Å². The van der Waals surface area contributed by atoms with Crippen molar-refractivity contribution in [3.8, 4) is 0 Å². The third kappa shape index (κ3) is 2.64. The molecule has 6 nitrogen and oxygen atoms in total. The summed E-state index contributed by atoms with van der Waals surface area (Å²) in [5.41, 5.74) is 0.0700. The van der Waals surface area contributed by atoms with Crippen molar-refractivity contribution >= 4 is 16.0 Å². The molecule has 3 rings (SSSR count). The fraction of sp³-hybridized carbons (Fsp3) is 0.692. The highest BCUT2D eigenvalue weighted by Gasteiger charge is 2.43. The minimum absolute atomic E-state index is 0.0700. The number of piperidine rings is 1. The Hall–Kier alpha value is -1.21. The van der Waals surface area contributed by atoms with Crippen molar-refractivity contribution in [2.24, 2.45) is 5.41 Å². The highest BCUT2D eigenvalue weighted by Crippen LogP contribution is 2.40. The standard InChI is InChI=1S/C13H20N4O2S/c1-20(18,19)17-8-2-4-13(11-17)5-9-16(10-13)12-14-6-3-7-15-12/h3,6-7H,2,4-5,8-11H2,1H3/t13-/m1/s1. The maximum atomic E-state index is 11.8. The van der Waals surface area contributed by atoms with E-state index in [1.165, 1.54) is 6.26 Å². The minimum Gasteiger partial charge on any atom is -0.340 e. The number of nitrogens with zero attached hydrogens (tertiary/aromatic N) is 4. The molecule has 1 aromatic heterocycles. The first-order valence-electron chi connectivity index (χ1n) is 6.96. The molecule has 0 aromatic carbocycles. The molecule has 1 spiro atoms. The molecule has 0 bridgehead atoms. The highest BCUT2D eigenvalue weighted by atomic mass is 32.2. The fourth-order valence-electron chi connectivity index (χ4n) is 3.34. The highest BCUT2D eigenvalue weighted by molar-refractivity contribution is 7.88. The van der Waals surface area contributed by atoms with Crippen molar-refractivity contribution < 1.29 is 8.42 Å². The Balaban J connectivity index is 1.75. The Morgan fingerprint density at radius 2 is 1.90 bits per heavy atom. The summed E-state index contributed by atoms with van der Waals surface area (Å²) in [7, 11) is -3.09. The van der Waals surface area contributed by atoms with Crippen molar-refractivity contribution in [2.45, 2.75) is 19.3 Å². The average molecular weight is 296 g/mol. The third-order valence-corrected chi connectivity index (χ3v) is 5.62. The molecule has 0 unspecified atom stereocenters. The number of aromatic nitrogens is 2. The zero-order valence-electron chi connectivity index (χ0n) is 11.7. The Morgan fingerprint density at radius 1 is 1.15 bits per heavy atom. The Kier molecular flexibility index (Phi) is 3.41. The van der Waals surface area contributed by atoms with Gasteiger partial charge in [-0.25, -0.2) is 22.7 Å². The van der Waals surface area contributed by atoms with Gasteiger partial charge in [0.25, 0.3) is 0 Å². The van der Waals surface area contributed by atoms with Gasteiger partial charge < -0.3 is 4.90 Å². The minimum atomic E-state index is -3.09. The summed E-state index contributed by atoms with van der Waals surface area (Å²) in [4.78, 5) is 10.8. The molecule has 7 heteroatoms. The lowest BCUT2D eigenvalue weighted by atomic mass is 9.80. The molecule has 0 aliphatic carbocycles. The van der Waals surface area contributed by atoms with Crippen LogP contribution in [-0.2, 0) is 10.0 Å². The zero-order chi connectivity index (χ0) is 14.2. The average Bonchev–Trinajstić information content (AvgIpc) is 2.83. The van der Waals surface area contributed by atoms with E-state index in [-0.39, 0.29) is 5.41 Å². The second-order valence-electron chi connectivity index (χ2n) is 5.92. The largest absolute Gasteiger partial charge is 0.340 e. The molecule has 2 aliphatic rings. The van der Waals surface area contributed by atoms with Crippen LogP contribution in [0.5, 0.6) is 0 Å². The SMILES string of the molecule is CS(=O)(=O)N1CCC[C@]2(CCN(c3ncccn3)C2)C1. The van der Waals surface area contributed by atoms with Crippen LogP contribution in [0.15, 0.2) is 18.5 Å². The Labute approximate surface area is 119 Å². The van der Waals surface area contributed by atoms with Crippen LogP contribution in [0.25, 0.3) is 0 Å². The first kappa shape index (κ1) is 13.8. The molecular weight excluding hydrogens is 276 g/mol. The number of hydrogen-bond acceptors (Lipinski definition) is 5.